The fraction of sp³-hybridized carbons (Fsp3) is 0.258. The molecular formula is C31H31ClN2O7. The number of nitrogens with zero attached hydrogens (tertiary/aromatic N) is 1. The number of carbonyl (C=O) groups is 3. The van der Waals surface area contributed by atoms with E-state index < -0.39 is 17.8 Å². The summed E-state index contributed by atoms with van der Waals surface area (Å²) < 4.78 is 22.8. The molecule has 10 heteroatoms. The zero-order valence-electron chi connectivity index (χ0n) is 23.1. The molecule has 1 heterocycles. The van der Waals surface area contributed by atoms with Crippen molar-refractivity contribution >= 4 is 35.5 Å². The molecule has 1 saturated heterocycles. The molecule has 0 saturated carbocycles. The molecule has 1 N–H and O–H groups in total. The maximum atomic E-state index is 13.3. The topological polar surface area (TPSA) is 103 Å². The van der Waals surface area contributed by atoms with Crippen LogP contribution in [0.4, 0.5) is 4.79 Å². The van der Waals surface area contributed by atoms with Crippen LogP contribution in [0.15, 0.2) is 66.2 Å². The van der Waals surface area contributed by atoms with Gasteiger partial charge in [-0.15, -0.1) is 0 Å². The Bertz CT molecular complexity index is 1470. The van der Waals surface area contributed by atoms with Crippen LogP contribution in [0, 0.1) is 0 Å². The van der Waals surface area contributed by atoms with Gasteiger partial charge in [0.05, 0.1) is 26.9 Å². The Morgan fingerprint density at radius 1 is 0.854 bits per heavy atom. The number of benzene rings is 3. The van der Waals surface area contributed by atoms with Crippen LogP contribution in [0.25, 0.3) is 6.08 Å². The molecule has 3 aromatic rings. The SMILES string of the molecule is CCCOc1ccc(CN2C(=O)NC(=O)/C(=C\c3ccc(OCc4cccc(Cl)c4)c(OC)c3)C2=O)cc1OCC. The van der Waals surface area contributed by atoms with E-state index in [0.29, 0.717) is 52.4 Å². The van der Waals surface area contributed by atoms with Gasteiger partial charge in [0.25, 0.3) is 11.8 Å². The molecule has 1 aliphatic heterocycles. The molecule has 4 rings (SSSR count). The molecule has 0 aliphatic carbocycles. The van der Waals surface area contributed by atoms with Crippen molar-refractivity contribution in [1.29, 1.82) is 0 Å². The van der Waals surface area contributed by atoms with Crippen molar-refractivity contribution in [2.75, 3.05) is 20.3 Å². The van der Waals surface area contributed by atoms with Crippen molar-refractivity contribution < 1.29 is 33.3 Å². The minimum absolute atomic E-state index is 0.0664. The Kier molecular flexibility index (Phi) is 9.86. The molecular weight excluding hydrogens is 548 g/mol. The van der Waals surface area contributed by atoms with Crippen molar-refractivity contribution in [3.8, 4) is 23.0 Å². The van der Waals surface area contributed by atoms with Crippen molar-refractivity contribution in [3.05, 3.63) is 87.9 Å². The summed E-state index contributed by atoms with van der Waals surface area (Å²) in [6.45, 7) is 5.01. The third kappa shape index (κ3) is 7.37. The number of rotatable bonds is 12. The molecule has 214 valence electrons. The molecule has 0 bridgehead atoms. The van der Waals surface area contributed by atoms with Crippen molar-refractivity contribution in [3.63, 3.8) is 0 Å². The standard InChI is InChI=1S/C31H31ClN2O7/c1-4-13-40-26-12-10-21(17-28(26)39-5-2)18-34-30(36)24(29(35)33-31(34)37)15-20-9-11-25(27(16-20)38-3)41-19-22-7-6-8-23(32)14-22/h6-12,14-17H,4-5,13,18-19H2,1-3H3,(H,33,35,37)/b24-15+. The van der Waals surface area contributed by atoms with E-state index in [4.69, 9.17) is 30.5 Å². The Morgan fingerprint density at radius 2 is 1.63 bits per heavy atom. The van der Waals surface area contributed by atoms with Gasteiger partial charge in [0.15, 0.2) is 23.0 Å². The Morgan fingerprint density at radius 3 is 2.37 bits per heavy atom. The van der Waals surface area contributed by atoms with Gasteiger partial charge in [-0.2, -0.15) is 0 Å². The van der Waals surface area contributed by atoms with Gasteiger partial charge in [-0.25, -0.2) is 4.79 Å². The van der Waals surface area contributed by atoms with E-state index in [1.165, 1.54) is 13.2 Å². The predicted molar refractivity (Wildman–Crippen MR) is 154 cm³/mol. The van der Waals surface area contributed by atoms with Crippen LogP contribution in [0.3, 0.4) is 0 Å². The average molecular weight is 579 g/mol. The van der Waals surface area contributed by atoms with Crippen molar-refractivity contribution in [2.45, 2.75) is 33.4 Å². The maximum absolute atomic E-state index is 13.3. The van der Waals surface area contributed by atoms with E-state index in [1.807, 2.05) is 26.0 Å². The number of halogens is 1. The van der Waals surface area contributed by atoms with Gasteiger partial charge >= 0.3 is 6.03 Å². The first-order valence-corrected chi connectivity index (χ1v) is 13.5. The maximum Gasteiger partial charge on any atom is 0.331 e. The van der Waals surface area contributed by atoms with Gasteiger partial charge in [0.2, 0.25) is 0 Å². The quantitative estimate of drug-likeness (QED) is 0.215. The van der Waals surface area contributed by atoms with Gasteiger partial charge in [-0.1, -0.05) is 42.8 Å². The van der Waals surface area contributed by atoms with Gasteiger partial charge in [0.1, 0.15) is 12.2 Å². The second-order valence-electron chi connectivity index (χ2n) is 9.10. The molecule has 4 amide bonds. The number of urea groups is 1. The number of barbiturate groups is 1. The number of hydrogen-bond donors (Lipinski definition) is 1. The van der Waals surface area contributed by atoms with E-state index in [2.05, 4.69) is 5.32 Å². The van der Waals surface area contributed by atoms with Crippen LogP contribution in [0.1, 0.15) is 37.0 Å². The molecule has 0 spiro atoms. The summed E-state index contributed by atoms with van der Waals surface area (Å²) in [5, 5.41) is 2.86. The fourth-order valence-corrected chi connectivity index (χ4v) is 4.33. The molecule has 1 aliphatic rings. The minimum atomic E-state index is -0.802. The molecule has 1 fully saturated rings. The second kappa shape index (κ2) is 13.7. The van der Waals surface area contributed by atoms with Crippen LogP contribution in [-0.4, -0.2) is 43.1 Å². The highest BCUT2D eigenvalue weighted by atomic mass is 35.5. The lowest BCUT2D eigenvalue weighted by molar-refractivity contribution is -0.130. The molecule has 0 aromatic heterocycles. The van der Waals surface area contributed by atoms with E-state index >= 15 is 0 Å². The molecule has 0 unspecified atom stereocenters. The highest BCUT2D eigenvalue weighted by Crippen LogP contribution is 2.32. The summed E-state index contributed by atoms with van der Waals surface area (Å²) in [4.78, 5) is 39.6. The first kappa shape index (κ1) is 29.5. The zero-order chi connectivity index (χ0) is 29.4. The Labute approximate surface area is 243 Å². The first-order chi connectivity index (χ1) is 19.8. The molecule has 3 aromatic carbocycles. The van der Waals surface area contributed by atoms with Gasteiger partial charge in [-0.3, -0.25) is 19.8 Å². The summed E-state index contributed by atoms with van der Waals surface area (Å²) in [5.74, 6) is 0.476. The molecule has 0 atom stereocenters. The van der Waals surface area contributed by atoms with Crippen molar-refractivity contribution in [2.24, 2.45) is 0 Å². The lowest BCUT2D eigenvalue weighted by atomic mass is 10.1. The van der Waals surface area contributed by atoms with Gasteiger partial charge in [0, 0.05) is 5.02 Å². The lowest BCUT2D eigenvalue weighted by Gasteiger charge is -2.26. The first-order valence-electron chi connectivity index (χ1n) is 13.2. The van der Waals surface area contributed by atoms with Gasteiger partial charge < -0.3 is 18.9 Å². The minimum Gasteiger partial charge on any atom is -0.493 e. The number of hydrogen-bond acceptors (Lipinski definition) is 7. The molecule has 41 heavy (non-hydrogen) atoms. The normalized spacial score (nSPS) is 14.2. The monoisotopic (exact) mass is 578 g/mol. The third-order valence-corrected chi connectivity index (χ3v) is 6.31. The average Bonchev–Trinajstić information content (AvgIpc) is 2.96. The Balaban J connectivity index is 1.53. The van der Waals surface area contributed by atoms with Crippen LogP contribution in [0.2, 0.25) is 5.02 Å². The van der Waals surface area contributed by atoms with Crippen LogP contribution >= 0.6 is 11.6 Å². The Hall–Kier alpha value is -4.50. The van der Waals surface area contributed by atoms with E-state index in [1.54, 1.807) is 48.5 Å². The highest BCUT2D eigenvalue weighted by molar-refractivity contribution is 6.31. The number of amides is 4. The number of imide groups is 2. The van der Waals surface area contributed by atoms with E-state index in [0.717, 1.165) is 16.9 Å². The third-order valence-electron chi connectivity index (χ3n) is 6.08. The summed E-state index contributed by atoms with van der Waals surface area (Å²) in [6, 6.07) is 16.7. The van der Waals surface area contributed by atoms with Crippen LogP contribution < -0.4 is 24.3 Å². The predicted octanol–water partition coefficient (Wildman–Crippen LogP) is 5.78. The summed E-state index contributed by atoms with van der Waals surface area (Å²) in [5.41, 5.74) is 1.85. The number of methoxy groups -OCH3 is 1. The summed E-state index contributed by atoms with van der Waals surface area (Å²) in [7, 11) is 1.49. The largest absolute Gasteiger partial charge is 0.493 e. The number of nitrogens with one attached hydrogen (secondary N) is 1. The van der Waals surface area contributed by atoms with E-state index in [-0.39, 0.29) is 18.7 Å². The summed E-state index contributed by atoms with van der Waals surface area (Å²) >= 11 is 6.05. The van der Waals surface area contributed by atoms with Gasteiger partial charge in [-0.05, 0) is 72.5 Å². The molecule has 9 nitrogen and oxygen atoms in total. The zero-order valence-corrected chi connectivity index (χ0v) is 23.8. The second-order valence-corrected chi connectivity index (χ2v) is 9.54. The van der Waals surface area contributed by atoms with Crippen LogP contribution in [0.5, 0.6) is 23.0 Å². The molecule has 0 radical (unpaired) electrons. The van der Waals surface area contributed by atoms with Crippen LogP contribution in [-0.2, 0) is 22.7 Å². The summed E-state index contributed by atoms with van der Waals surface area (Å²) in [6.07, 6.45) is 2.25. The highest BCUT2D eigenvalue weighted by Gasteiger charge is 2.36. The number of carbonyl (C=O) groups excluding carboxylic acids is 3. The number of ether oxygens (including phenoxy) is 4. The van der Waals surface area contributed by atoms with Crippen molar-refractivity contribution in [1.82, 2.24) is 10.2 Å². The lowest BCUT2D eigenvalue weighted by Crippen LogP contribution is -2.53. The fourth-order valence-electron chi connectivity index (χ4n) is 4.12. The smallest absolute Gasteiger partial charge is 0.331 e. The van der Waals surface area contributed by atoms with E-state index in [9.17, 15) is 14.4 Å².